The molecule has 7 heteroatoms. The Labute approximate surface area is 145 Å². The van der Waals surface area contributed by atoms with Crippen LogP contribution < -0.4 is 10.1 Å². The molecule has 25 heavy (non-hydrogen) atoms. The van der Waals surface area contributed by atoms with Crippen LogP contribution in [0.1, 0.15) is 22.3 Å². The van der Waals surface area contributed by atoms with Gasteiger partial charge in [-0.2, -0.15) is 0 Å². The number of ether oxygens (including phenoxy) is 1. The van der Waals surface area contributed by atoms with Gasteiger partial charge in [-0.25, -0.2) is 14.6 Å². The van der Waals surface area contributed by atoms with Crippen molar-refractivity contribution in [3.05, 3.63) is 59.8 Å². The van der Waals surface area contributed by atoms with E-state index >= 15 is 0 Å². The molecule has 2 aromatic rings. The maximum absolute atomic E-state index is 12.2. The maximum atomic E-state index is 12.2. The average Bonchev–Trinajstić information content (AvgIpc) is 3.09. The molecule has 1 aliphatic heterocycles. The fraction of sp³-hybridized carbons (Fsp3) is 0.278. The summed E-state index contributed by atoms with van der Waals surface area (Å²) in [5, 5.41) is 11.7. The van der Waals surface area contributed by atoms with Gasteiger partial charge in [-0.15, -0.1) is 0 Å². The highest BCUT2D eigenvalue weighted by Gasteiger charge is 2.27. The summed E-state index contributed by atoms with van der Waals surface area (Å²) in [5.41, 5.74) is 1.07. The fourth-order valence-electron chi connectivity index (χ4n) is 2.65. The lowest BCUT2D eigenvalue weighted by molar-refractivity contribution is 0.0697. The van der Waals surface area contributed by atoms with E-state index in [1.165, 1.54) is 12.1 Å². The van der Waals surface area contributed by atoms with Gasteiger partial charge in [0.1, 0.15) is 6.10 Å². The Bertz CT molecular complexity index is 734. The Morgan fingerprint density at radius 3 is 2.72 bits per heavy atom. The Morgan fingerprint density at radius 1 is 1.24 bits per heavy atom. The maximum Gasteiger partial charge on any atom is 0.335 e. The van der Waals surface area contributed by atoms with Gasteiger partial charge < -0.3 is 20.1 Å². The van der Waals surface area contributed by atoms with Crippen molar-refractivity contribution in [1.82, 2.24) is 15.2 Å². The van der Waals surface area contributed by atoms with Crippen molar-refractivity contribution in [2.24, 2.45) is 0 Å². The number of carboxylic acid groups (broad SMARTS) is 1. The number of nitrogens with zero attached hydrogens (tertiary/aromatic N) is 2. The number of carbonyl (C=O) groups is 2. The van der Waals surface area contributed by atoms with Crippen LogP contribution in [0.3, 0.4) is 0 Å². The standard InChI is InChI=1S/C18H19N3O4/c22-17(23)14-6-4-13(5-7-14)11-20-18(24)21-10-8-15(12-21)25-16-3-1-2-9-19-16/h1-7,9,15H,8,10-12H2,(H,20,24)(H,22,23). The predicted molar refractivity (Wildman–Crippen MR) is 90.5 cm³/mol. The van der Waals surface area contributed by atoms with Crippen LogP contribution in [0.25, 0.3) is 0 Å². The van der Waals surface area contributed by atoms with Crippen molar-refractivity contribution in [1.29, 1.82) is 0 Å². The zero-order valence-electron chi connectivity index (χ0n) is 13.6. The van der Waals surface area contributed by atoms with E-state index < -0.39 is 5.97 Å². The molecule has 0 radical (unpaired) electrons. The number of hydrogen-bond acceptors (Lipinski definition) is 4. The summed E-state index contributed by atoms with van der Waals surface area (Å²) < 4.78 is 5.77. The molecule has 1 unspecified atom stereocenters. The van der Waals surface area contributed by atoms with Gasteiger partial charge in [-0.1, -0.05) is 18.2 Å². The predicted octanol–water partition coefficient (Wildman–Crippen LogP) is 2.14. The van der Waals surface area contributed by atoms with Gasteiger partial charge in [0.15, 0.2) is 0 Å². The van der Waals surface area contributed by atoms with Gasteiger partial charge in [0.05, 0.1) is 12.1 Å². The molecule has 130 valence electrons. The third-order valence-electron chi connectivity index (χ3n) is 4.00. The van der Waals surface area contributed by atoms with Crippen molar-refractivity contribution >= 4 is 12.0 Å². The first-order valence-electron chi connectivity index (χ1n) is 8.04. The number of hydrogen-bond donors (Lipinski definition) is 2. The van der Waals surface area contributed by atoms with Crippen LogP contribution in [0.2, 0.25) is 0 Å². The summed E-state index contributed by atoms with van der Waals surface area (Å²) in [6, 6.07) is 11.8. The second kappa shape index (κ2) is 7.65. The minimum absolute atomic E-state index is 0.0597. The number of pyridine rings is 1. The molecule has 0 bridgehead atoms. The largest absolute Gasteiger partial charge is 0.478 e. The lowest BCUT2D eigenvalue weighted by atomic mass is 10.1. The molecule has 2 amide bonds. The van der Waals surface area contributed by atoms with E-state index in [2.05, 4.69) is 10.3 Å². The van der Waals surface area contributed by atoms with Crippen LogP contribution in [0.5, 0.6) is 5.88 Å². The van der Waals surface area contributed by atoms with Crippen molar-refractivity contribution in [3.63, 3.8) is 0 Å². The number of urea groups is 1. The van der Waals surface area contributed by atoms with Crippen LogP contribution in [-0.4, -0.2) is 46.2 Å². The number of likely N-dealkylation sites (tertiary alicyclic amines) is 1. The number of aromatic carboxylic acids is 1. The van der Waals surface area contributed by atoms with E-state index in [1.54, 1.807) is 29.3 Å². The molecule has 2 N–H and O–H groups in total. The first kappa shape index (κ1) is 16.8. The molecule has 1 aromatic heterocycles. The molecule has 1 aromatic carbocycles. The zero-order chi connectivity index (χ0) is 17.6. The van der Waals surface area contributed by atoms with Gasteiger partial charge in [0.25, 0.3) is 0 Å². The molecule has 0 aliphatic carbocycles. The summed E-state index contributed by atoms with van der Waals surface area (Å²) in [7, 11) is 0. The number of carboxylic acids is 1. The Morgan fingerprint density at radius 2 is 2.04 bits per heavy atom. The summed E-state index contributed by atoms with van der Waals surface area (Å²) >= 11 is 0. The number of benzene rings is 1. The monoisotopic (exact) mass is 341 g/mol. The van der Waals surface area contributed by atoms with Gasteiger partial charge in [0.2, 0.25) is 5.88 Å². The second-order valence-electron chi connectivity index (χ2n) is 5.80. The summed E-state index contributed by atoms with van der Waals surface area (Å²) in [6.45, 7) is 1.49. The number of aromatic nitrogens is 1. The molecule has 1 atom stereocenters. The van der Waals surface area contributed by atoms with E-state index in [1.807, 2.05) is 12.1 Å². The quantitative estimate of drug-likeness (QED) is 0.869. The molecule has 0 saturated carbocycles. The molecule has 3 rings (SSSR count). The molecular weight excluding hydrogens is 322 g/mol. The van der Waals surface area contributed by atoms with Gasteiger partial charge >= 0.3 is 12.0 Å². The normalized spacial score (nSPS) is 16.5. The molecule has 1 aliphatic rings. The number of amides is 2. The van der Waals surface area contributed by atoms with Crippen LogP contribution in [-0.2, 0) is 6.54 Å². The number of rotatable bonds is 5. The Kier molecular flexibility index (Phi) is 5.13. The number of carbonyl (C=O) groups excluding carboxylic acids is 1. The highest BCUT2D eigenvalue weighted by molar-refractivity contribution is 5.87. The van der Waals surface area contributed by atoms with Crippen LogP contribution in [0.15, 0.2) is 48.7 Å². The highest BCUT2D eigenvalue weighted by Crippen LogP contribution is 2.16. The third-order valence-corrected chi connectivity index (χ3v) is 4.00. The fourth-order valence-corrected chi connectivity index (χ4v) is 2.65. The van der Waals surface area contributed by atoms with E-state index in [4.69, 9.17) is 9.84 Å². The Hall–Kier alpha value is -3.09. The molecule has 0 spiro atoms. The van der Waals surface area contributed by atoms with E-state index in [0.29, 0.717) is 25.5 Å². The smallest absolute Gasteiger partial charge is 0.335 e. The van der Waals surface area contributed by atoms with Crippen molar-refractivity contribution in [3.8, 4) is 5.88 Å². The zero-order valence-corrected chi connectivity index (χ0v) is 13.6. The second-order valence-corrected chi connectivity index (χ2v) is 5.80. The van der Waals surface area contributed by atoms with Crippen LogP contribution in [0, 0.1) is 0 Å². The highest BCUT2D eigenvalue weighted by atomic mass is 16.5. The SMILES string of the molecule is O=C(O)c1ccc(CNC(=O)N2CCC(Oc3ccccn3)C2)cc1. The third kappa shape index (κ3) is 4.47. The van der Waals surface area contributed by atoms with Gasteiger partial charge in [-0.05, 0) is 23.8 Å². The number of nitrogens with one attached hydrogen (secondary N) is 1. The topological polar surface area (TPSA) is 91.8 Å². The van der Waals surface area contributed by atoms with Crippen molar-refractivity contribution in [2.75, 3.05) is 13.1 Å². The summed E-state index contributed by atoms with van der Waals surface area (Å²) in [5.74, 6) is -0.403. The van der Waals surface area contributed by atoms with Crippen LogP contribution >= 0.6 is 0 Å². The lowest BCUT2D eigenvalue weighted by Gasteiger charge is -2.17. The molecule has 1 saturated heterocycles. The minimum Gasteiger partial charge on any atom is -0.478 e. The Balaban J connectivity index is 1.46. The average molecular weight is 341 g/mol. The van der Waals surface area contributed by atoms with Crippen LogP contribution in [0.4, 0.5) is 4.79 Å². The minimum atomic E-state index is -0.966. The first-order valence-corrected chi connectivity index (χ1v) is 8.04. The lowest BCUT2D eigenvalue weighted by Crippen LogP contribution is -2.39. The summed E-state index contributed by atoms with van der Waals surface area (Å²) in [6.07, 6.45) is 2.37. The summed E-state index contributed by atoms with van der Waals surface area (Å²) in [4.78, 5) is 28.9. The van der Waals surface area contributed by atoms with E-state index in [9.17, 15) is 9.59 Å². The van der Waals surface area contributed by atoms with E-state index in [0.717, 1.165) is 12.0 Å². The molecule has 7 nitrogen and oxygen atoms in total. The van der Waals surface area contributed by atoms with Gasteiger partial charge in [0, 0.05) is 31.8 Å². The molecule has 1 fully saturated rings. The van der Waals surface area contributed by atoms with E-state index in [-0.39, 0.29) is 17.7 Å². The van der Waals surface area contributed by atoms with Crippen molar-refractivity contribution < 1.29 is 19.4 Å². The molecule has 2 heterocycles. The van der Waals surface area contributed by atoms with Gasteiger partial charge in [-0.3, -0.25) is 0 Å². The molecular formula is C18H19N3O4. The van der Waals surface area contributed by atoms with Crippen molar-refractivity contribution in [2.45, 2.75) is 19.1 Å². The first-order chi connectivity index (χ1) is 12.1.